The Morgan fingerprint density at radius 3 is 2.21 bits per heavy atom. The van der Waals surface area contributed by atoms with Gasteiger partial charge in [0.05, 0.1) is 29.8 Å². The van der Waals surface area contributed by atoms with Gasteiger partial charge in [0, 0.05) is 10.8 Å². The highest BCUT2D eigenvalue weighted by Gasteiger charge is 2.44. The first-order chi connectivity index (χ1) is 16.2. The van der Waals surface area contributed by atoms with E-state index in [9.17, 15) is 27.6 Å². The number of hydrogen-bond donors (Lipinski definition) is 1. The summed E-state index contributed by atoms with van der Waals surface area (Å²) < 4.78 is 51.9. The number of benzene rings is 3. The largest absolute Gasteiger partial charge is 0.492 e. The summed E-state index contributed by atoms with van der Waals surface area (Å²) in [5, 5.41) is 9.32. The lowest BCUT2D eigenvalue weighted by Crippen LogP contribution is -2.30. The molecule has 0 saturated heterocycles. The number of carbonyl (C=O) groups excluding carboxylic acids is 2. The smallest absolute Gasteiger partial charge is 0.387 e. The number of hydrogen-bond acceptors (Lipinski definition) is 5. The monoisotopic (exact) mass is 473 g/mol. The summed E-state index contributed by atoms with van der Waals surface area (Å²) in [7, 11) is 0. The maximum absolute atomic E-state index is 14.9. The van der Waals surface area contributed by atoms with Crippen LogP contribution >= 0.6 is 0 Å². The predicted molar refractivity (Wildman–Crippen MR) is 115 cm³/mol. The molecule has 0 atom stereocenters. The van der Waals surface area contributed by atoms with Crippen LogP contribution in [-0.2, 0) is 11.2 Å². The summed E-state index contributed by atoms with van der Waals surface area (Å²) >= 11 is 0. The van der Waals surface area contributed by atoms with Gasteiger partial charge < -0.3 is 14.6 Å². The molecule has 0 saturated carbocycles. The number of carboxylic acid groups (broad SMARTS) is 1. The van der Waals surface area contributed by atoms with Gasteiger partial charge in [-0.2, -0.15) is 8.78 Å². The maximum Gasteiger partial charge on any atom is 0.387 e. The van der Waals surface area contributed by atoms with Crippen molar-refractivity contribution in [1.29, 1.82) is 0 Å². The van der Waals surface area contributed by atoms with E-state index in [1.54, 1.807) is 18.2 Å². The van der Waals surface area contributed by atoms with Gasteiger partial charge in [-0.3, -0.25) is 14.4 Å². The van der Waals surface area contributed by atoms with Crippen LogP contribution in [0.2, 0.25) is 0 Å². The Balaban J connectivity index is 1.94. The number of halogens is 3. The molecular weight excluding hydrogens is 455 g/mol. The van der Waals surface area contributed by atoms with E-state index >= 15 is 0 Å². The molecule has 34 heavy (non-hydrogen) atoms. The van der Waals surface area contributed by atoms with Crippen molar-refractivity contribution in [2.24, 2.45) is 0 Å². The van der Waals surface area contributed by atoms with Gasteiger partial charge in [0.2, 0.25) is 0 Å². The van der Waals surface area contributed by atoms with Gasteiger partial charge in [0.25, 0.3) is 11.8 Å². The van der Waals surface area contributed by atoms with Crippen LogP contribution in [0, 0.1) is 5.82 Å². The highest BCUT2D eigenvalue weighted by atomic mass is 19.3. The average molecular weight is 473 g/mol. The first kappa shape index (κ1) is 23.1. The molecule has 176 valence electrons. The van der Waals surface area contributed by atoms with E-state index in [1.807, 2.05) is 6.92 Å². The third kappa shape index (κ3) is 3.91. The van der Waals surface area contributed by atoms with Gasteiger partial charge in [0.15, 0.2) is 0 Å². The number of rotatable bonds is 8. The first-order valence-electron chi connectivity index (χ1n) is 10.3. The quantitative estimate of drug-likeness (QED) is 0.473. The molecule has 0 radical (unpaired) electrons. The lowest BCUT2D eigenvalue weighted by Gasteiger charge is -2.16. The highest BCUT2D eigenvalue weighted by Crippen LogP contribution is 2.46. The molecule has 7 nitrogen and oxygen atoms in total. The zero-order chi connectivity index (χ0) is 24.6. The number of ether oxygens (including phenoxy) is 2. The van der Waals surface area contributed by atoms with E-state index in [4.69, 9.17) is 9.84 Å². The molecule has 2 amide bonds. The second-order valence-electron chi connectivity index (χ2n) is 7.48. The predicted octanol–water partition coefficient (Wildman–Crippen LogP) is 4.80. The molecule has 1 heterocycles. The number of carboxylic acids is 1. The SMILES string of the molecule is CCCOc1c2c(c(OC(F)F)c3ccccc13)C(=O)N(c1ccc(CC(=O)O)cc1F)C2=O. The first-order valence-corrected chi connectivity index (χ1v) is 10.3. The van der Waals surface area contributed by atoms with Crippen LogP contribution in [0.3, 0.4) is 0 Å². The molecule has 1 aliphatic heterocycles. The highest BCUT2D eigenvalue weighted by molar-refractivity contribution is 6.38. The van der Waals surface area contributed by atoms with Crippen molar-refractivity contribution in [1.82, 2.24) is 0 Å². The van der Waals surface area contributed by atoms with Crippen LogP contribution in [0.25, 0.3) is 10.8 Å². The Morgan fingerprint density at radius 1 is 1.03 bits per heavy atom. The summed E-state index contributed by atoms with van der Waals surface area (Å²) in [6.45, 7) is -1.30. The molecule has 3 aromatic rings. The number of imide groups is 1. The number of alkyl halides is 2. The third-order valence-corrected chi connectivity index (χ3v) is 5.22. The van der Waals surface area contributed by atoms with Crippen LogP contribution in [0.15, 0.2) is 42.5 Å². The lowest BCUT2D eigenvalue weighted by atomic mass is 9.99. The summed E-state index contributed by atoms with van der Waals surface area (Å²) in [6.07, 6.45) is 0.0932. The summed E-state index contributed by atoms with van der Waals surface area (Å²) in [6, 6.07) is 9.41. The minimum absolute atomic E-state index is 0.0119. The standard InChI is InChI=1S/C24H18F3NO6/c1-2-9-33-20-13-5-3-4-6-14(13)21(34-24(26)27)19-18(20)22(31)28(23(19)32)16-8-7-12(10-15(16)25)11-17(29)30/h3-8,10,24H,2,9,11H2,1H3,(H,29,30). The second-order valence-corrected chi connectivity index (χ2v) is 7.48. The van der Waals surface area contributed by atoms with E-state index in [1.165, 1.54) is 12.1 Å². The topological polar surface area (TPSA) is 93.1 Å². The molecule has 3 aromatic carbocycles. The Kier molecular flexibility index (Phi) is 6.14. The molecular formula is C24H18F3NO6. The maximum atomic E-state index is 14.9. The average Bonchev–Trinajstić information content (AvgIpc) is 3.03. The fraction of sp³-hybridized carbons (Fsp3) is 0.208. The van der Waals surface area contributed by atoms with Crippen molar-refractivity contribution >= 4 is 34.2 Å². The van der Waals surface area contributed by atoms with Crippen molar-refractivity contribution < 1.29 is 42.1 Å². The van der Waals surface area contributed by atoms with Gasteiger partial charge in [0.1, 0.15) is 17.3 Å². The van der Waals surface area contributed by atoms with Crippen LogP contribution in [-0.4, -0.2) is 36.1 Å². The molecule has 1 N–H and O–H groups in total. The number of fused-ring (bicyclic) bond motifs is 2. The molecule has 0 fully saturated rings. The number of amides is 2. The van der Waals surface area contributed by atoms with Gasteiger partial charge in [-0.1, -0.05) is 37.3 Å². The molecule has 0 bridgehead atoms. The normalized spacial score (nSPS) is 13.0. The number of anilines is 1. The minimum atomic E-state index is -3.29. The van der Waals surface area contributed by atoms with Gasteiger partial charge >= 0.3 is 12.6 Å². The zero-order valence-electron chi connectivity index (χ0n) is 17.8. The second kappa shape index (κ2) is 9.05. The molecule has 0 aliphatic carbocycles. The van der Waals surface area contributed by atoms with E-state index in [0.717, 1.165) is 12.1 Å². The van der Waals surface area contributed by atoms with E-state index in [-0.39, 0.29) is 34.3 Å². The van der Waals surface area contributed by atoms with Crippen LogP contribution in [0.4, 0.5) is 18.9 Å². The third-order valence-electron chi connectivity index (χ3n) is 5.22. The Morgan fingerprint density at radius 2 is 1.65 bits per heavy atom. The van der Waals surface area contributed by atoms with Crippen molar-refractivity contribution in [3.8, 4) is 11.5 Å². The van der Waals surface area contributed by atoms with E-state index in [2.05, 4.69) is 4.74 Å². The lowest BCUT2D eigenvalue weighted by molar-refractivity contribution is -0.136. The van der Waals surface area contributed by atoms with Gasteiger partial charge in [-0.05, 0) is 24.1 Å². The van der Waals surface area contributed by atoms with Gasteiger partial charge in [-0.25, -0.2) is 9.29 Å². The van der Waals surface area contributed by atoms with E-state index < -0.39 is 53.6 Å². The number of carbonyl (C=O) groups is 3. The minimum Gasteiger partial charge on any atom is -0.492 e. The molecule has 1 aliphatic rings. The van der Waals surface area contributed by atoms with Crippen molar-refractivity contribution in [2.45, 2.75) is 26.4 Å². The van der Waals surface area contributed by atoms with Crippen molar-refractivity contribution in [3.63, 3.8) is 0 Å². The van der Waals surface area contributed by atoms with Crippen molar-refractivity contribution in [3.05, 3.63) is 65.0 Å². The van der Waals surface area contributed by atoms with Crippen LogP contribution in [0.5, 0.6) is 11.5 Å². The molecule has 4 rings (SSSR count). The Labute approximate surface area is 191 Å². The van der Waals surface area contributed by atoms with E-state index in [0.29, 0.717) is 11.3 Å². The Bertz CT molecular complexity index is 1320. The molecule has 10 heteroatoms. The van der Waals surface area contributed by atoms with Gasteiger partial charge in [-0.15, -0.1) is 0 Å². The molecule has 0 unspecified atom stereocenters. The molecule has 0 aromatic heterocycles. The fourth-order valence-electron chi connectivity index (χ4n) is 3.90. The summed E-state index contributed by atoms with van der Waals surface area (Å²) in [5.41, 5.74) is -1.09. The number of aliphatic carboxylic acids is 1. The van der Waals surface area contributed by atoms with Crippen LogP contribution < -0.4 is 14.4 Å². The summed E-state index contributed by atoms with van der Waals surface area (Å²) in [5.74, 6) is -4.74. The Hall–Kier alpha value is -4.08. The molecule has 0 spiro atoms. The van der Waals surface area contributed by atoms with Crippen LogP contribution in [0.1, 0.15) is 39.6 Å². The number of nitrogens with zero attached hydrogens (tertiary/aromatic N) is 1. The zero-order valence-corrected chi connectivity index (χ0v) is 17.8. The summed E-state index contributed by atoms with van der Waals surface area (Å²) in [4.78, 5) is 38.2. The van der Waals surface area contributed by atoms with Crippen molar-refractivity contribution in [2.75, 3.05) is 11.5 Å². The fourth-order valence-corrected chi connectivity index (χ4v) is 3.90.